The largest absolute Gasteiger partial charge is 0.398 e. The highest BCUT2D eigenvalue weighted by atomic mass is 79.9. The monoisotopic (exact) mass is 319 g/mol. The Morgan fingerprint density at radius 3 is 2.79 bits per heavy atom. The van der Waals surface area contributed by atoms with Crippen molar-refractivity contribution in [2.75, 3.05) is 5.73 Å². The second kappa shape index (κ2) is 4.35. The maximum atomic E-state index is 13.1. The molecule has 2 N–H and O–H groups in total. The SMILES string of the molecule is Cc1cc(N)cn2cc(-c3ccc(F)cc3Br)nc12. The number of nitrogens with two attached hydrogens (primary N) is 1. The molecule has 2 heterocycles. The summed E-state index contributed by atoms with van der Waals surface area (Å²) >= 11 is 3.36. The molecule has 0 aliphatic heterocycles. The number of benzene rings is 1. The lowest BCUT2D eigenvalue weighted by molar-refractivity contribution is 0.627. The molecule has 19 heavy (non-hydrogen) atoms. The Balaban J connectivity index is 2.23. The minimum atomic E-state index is -0.278. The van der Waals surface area contributed by atoms with E-state index in [0.29, 0.717) is 10.2 Å². The third-order valence-electron chi connectivity index (χ3n) is 2.96. The average Bonchev–Trinajstić information content (AvgIpc) is 2.72. The zero-order valence-corrected chi connectivity index (χ0v) is 11.8. The molecule has 3 aromatic rings. The summed E-state index contributed by atoms with van der Waals surface area (Å²) in [5.74, 6) is -0.278. The van der Waals surface area contributed by atoms with Gasteiger partial charge in [-0.15, -0.1) is 0 Å². The van der Waals surface area contributed by atoms with Crippen LogP contribution in [-0.2, 0) is 0 Å². The Morgan fingerprint density at radius 2 is 2.05 bits per heavy atom. The summed E-state index contributed by atoms with van der Waals surface area (Å²) in [4.78, 5) is 4.57. The van der Waals surface area contributed by atoms with Gasteiger partial charge in [-0.3, -0.25) is 0 Å². The van der Waals surface area contributed by atoms with Gasteiger partial charge in [0, 0.05) is 28.1 Å². The molecule has 3 nitrogen and oxygen atoms in total. The topological polar surface area (TPSA) is 43.3 Å². The molecular formula is C14H11BrFN3. The van der Waals surface area contributed by atoms with Crippen molar-refractivity contribution >= 4 is 27.3 Å². The Morgan fingerprint density at radius 1 is 1.26 bits per heavy atom. The highest BCUT2D eigenvalue weighted by molar-refractivity contribution is 9.10. The first-order valence-corrected chi connectivity index (χ1v) is 6.54. The van der Waals surface area contributed by atoms with E-state index in [2.05, 4.69) is 20.9 Å². The summed E-state index contributed by atoms with van der Waals surface area (Å²) in [6, 6.07) is 6.44. The minimum absolute atomic E-state index is 0.278. The molecule has 0 unspecified atom stereocenters. The van der Waals surface area contributed by atoms with Gasteiger partial charge in [-0.1, -0.05) is 0 Å². The Labute approximate surface area is 118 Å². The first-order chi connectivity index (χ1) is 9.04. The van der Waals surface area contributed by atoms with E-state index in [4.69, 9.17) is 5.73 Å². The van der Waals surface area contributed by atoms with Gasteiger partial charge >= 0.3 is 0 Å². The van der Waals surface area contributed by atoms with Gasteiger partial charge in [0.25, 0.3) is 0 Å². The van der Waals surface area contributed by atoms with Gasteiger partial charge in [0.2, 0.25) is 0 Å². The molecule has 0 aliphatic carbocycles. The molecule has 3 rings (SSSR count). The van der Waals surface area contributed by atoms with E-state index in [1.165, 1.54) is 12.1 Å². The molecule has 0 bridgehead atoms. The number of nitrogens with zero attached hydrogens (tertiary/aromatic N) is 2. The number of aromatic nitrogens is 2. The zero-order chi connectivity index (χ0) is 13.6. The van der Waals surface area contributed by atoms with Crippen LogP contribution in [0.3, 0.4) is 0 Å². The van der Waals surface area contributed by atoms with E-state index in [1.807, 2.05) is 29.8 Å². The van der Waals surface area contributed by atoms with E-state index in [1.54, 1.807) is 6.07 Å². The van der Waals surface area contributed by atoms with Crippen LogP contribution in [0.1, 0.15) is 5.56 Å². The van der Waals surface area contributed by atoms with Crippen molar-refractivity contribution in [2.45, 2.75) is 6.92 Å². The molecule has 0 aliphatic rings. The van der Waals surface area contributed by atoms with Crippen molar-refractivity contribution in [3.8, 4) is 11.3 Å². The van der Waals surface area contributed by atoms with Crippen molar-refractivity contribution in [1.82, 2.24) is 9.38 Å². The van der Waals surface area contributed by atoms with Crippen LogP contribution in [0, 0.1) is 12.7 Å². The standard InChI is InChI=1S/C14H11BrFN3/c1-8-4-10(17)6-19-7-13(18-14(8)19)11-3-2-9(16)5-12(11)15/h2-7H,17H2,1H3. The summed E-state index contributed by atoms with van der Waals surface area (Å²) in [7, 11) is 0. The van der Waals surface area contributed by atoms with Crippen molar-refractivity contribution < 1.29 is 4.39 Å². The van der Waals surface area contributed by atoms with Gasteiger partial charge in [-0.25, -0.2) is 9.37 Å². The molecule has 96 valence electrons. The minimum Gasteiger partial charge on any atom is -0.398 e. The fraction of sp³-hybridized carbons (Fsp3) is 0.0714. The maximum Gasteiger partial charge on any atom is 0.140 e. The number of hydrogen-bond donors (Lipinski definition) is 1. The van der Waals surface area contributed by atoms with Crippen LogP contribution in [0.25, 0.3) is 16.9 Å². The first kappa shape index (κ1) is 12.2. The summed E-state index contributed by atoms with van der Waals surface area (Å²) in [5.41, 5.74) is 9.98. The summed E-state index contributed by atoms with van der Waals surface area (Å²) in [6.07, 6.45) is 3.70. The Kier molecular flexibility index (Phi) is 2.78. The number of pyridine rings is 1. The van der Waals surface area contributed by atoms with E-state index >= 15 is 0 Å². The van der Waals surface area contributed by atoms with E-state index in [0.717, 1.165) is 22.5 Å². The van der Waals surface area contributed by atoms with Crippen LogP contribution in [0.5, 0.6) is 0 Å². The van der Waals surface area contributed by atoms with E-state index in [9.17, 15) is 4.39 Å². The lowest BCUT2D eigenvalue weighted by atomic mass is 10.2. The number of anilines is 1. The van der Waals surface area contributed by atoms with Crippen LogP contribution in [0.4, 0.5) is 10.1 Å². The highest BCUT2D eigenvalue weighted by Crippen LogP contribution is 2.29. The lowest BCUT2D eigenvalue weighted by Gasteiger charge is -1.99. The molecule has 0 fully saturated rings. The molecule has 0 amide bonds. The van der Waals surface area contributed by atoms with Crippen molar-refractivity contribution in [3.05, 3.63) is 52.5 Å². The normalized spacial score (nSPS) is 11.1. The Hall–Kier alpha value is -1.88. The van der Waals surface area contributed by atoms with Gasteiger partial charge in [0.1, 0.15) is 11.5 Å². The van der Waals surface area contributed by atoms with Crippen LogP contribution in [0.2, 0.25) is 0 Å². The second-order valence-electron chi connectivity index (χ2n) is 4.44. The molecule has 5 heteroatoms. The molecule has 2 aromatic heterocycles. The van der Waals surface area contributed by atoms with Crippen molar-refractivity contribution in [2.24, 2.45) is 0 Å². The zero-order valence-electron chi connectivity index (χ0n) is 10.2. The smallest absolute Gasteiger partial charge is 0.140 e. The molecule has 0 radical (unpaired) electrons. The van der Waals surface area contributed by atoms with E-state index < -0.39 is 0 Å². The predicted octanol–water partition coefficient (Wildman–Crippen LogP) is 3.79. The van der Waals surface area contributed by atoms with Crippen LogP contribution >= 0.6 is 15.9 Å². The number of fused-ring (bicyclic) bond motifs is 1. The number of rotatable bonds is 1. The third kappa shape index (κ3) is 2.10. The highest BCUT2D eigenvalue weighted by Gasteiger charge is 2.10. The fourth-order valence-corrected chi connectivity index (χ4v) is 2.68. The fourth-order valence-electron chi connectivity index (χ4n) is 2.12. The molecule has 0 atom stereocenters. The van der Waals surface area contributed by atoms with Gasteiger partial charge in [-0.05, 0) is 52.7 Å². The lowest BCUT2D eigenvalue weighted by Crippen LogP contribution is -1.92. The third-order valence-corrected chi connectivity index (χ3v) is 3.62. The predicted molar refractivity (Wildman–Crippen MR) is 77.4 cm³/mol. The molecule has 0 spiro atoms. The summed E-state index contributed by atoms with van der Waals surface area (Å²) in [5, 5.41) is 0. The summed E-state index contributed by atoms with van der Waals surface area (Å²) < 4.78 is 15.7. The van der Waals surface area contributed by atoms with Crippen LogP contribution < -0.4 is 5.73 Å². The molecule has 1 aromatic carbocycles. The Bertz CT molecular complexity index is 780. The van der Waals surface area contributed by atoms with Gasteiger partial charge in [0.15, 0.2) is 0 Å². The van der Waals surface area contributed by atoms with Gasteiger partial charge in [0.05, 0.1) is 5.69 Å². The van der Waals surface area contributed by atoms with Gasteiger partial charge in [-0.2, -0.15) is 0 Å². The number of halogens is 2. The quantitative estimate of drug-likeness (QED) is 0.741. The summed E-state index contributed by atoms with van der Waals surface area (Å²) in [6.45, 7) is 1.96. The molecule has 0 saturated heterocycles. The van der Waals surface area contributed by atoms with Crippen LogP contribution in [-0.4, -0.2) is 9.38 Å². The van der Waals surface area contributed by atoms with Crippen molar-refractivity contribution in [3.63, 3.8) is 0 Å². The number of aryl methyl sites for hydroxylation is 1. The maximum absolute atomic E-state index is 13.1. The van der Waals surface area contributed by atoms with Crippen LogP contribution in [0.15, 0.2) is 41.1 Å². The second-order valence-corrected chi connectivity index (χ2v) is 5.29. The average molecular weight is 320 g/mol. The first-order valence-electron chi connectivity index (χ1n) is 5.75. The van der Waals surface area contributed by atoms with Gasteiger partial charge < -0.3 is 10.1 Å². The van der Waals surface area contributed by atoms with E-state index in [-0.39, 0.29) is 5.82 Å². The number of nitrogen functional groups attached to an aromatic ring is 1. The van der Waals surface area contributed by atoms with Crippen molar-refractivity contribution in [1.29, 1.82) is 0 Å². The molecule has 0 saturated carbocycles. The number of hydrogen-bond acceptors (Lipinski definition) is 2. The molecular weight excluding hydrogens is 309 g/mol. The number of imidazole rings is 1.